The van der Waals surface area contributed by atoms with Crippen LogP contribution in [0.1, 0.15) is 0 Å². The van der Waals surface area contributed by atoms with Crippen LogP contribution in [0.5, 0.6) is 5.88 Å². The number of rotatable bonds is 6. The van der Waals surface area contributed by atoms with Crippen LogP contribution in [-0.2, 0) is 9.47 Å². The Kier molecular flexibility index (Phi) is 4.87. The maximum Gasteiger partial charge on any atom is 0.415 e. The third kappa shape index (κ3) is 3.87. The van der Waals surface area contributed by atoms with E-state index >= 15 is 0 Å². The van der Waals surface area contributed by atoms with Gasteiger partial charge in [-0.25, -0.2) is 14.6 Å². The summed E-state index contributed by atoms with van der Waals surface area (Å²) in [6, 6.07) is 12.8. The standard InChI is InChI=1S/C21H18N4O6/c26-20-24(8-10-28-20)18-6-3-15(11-22-18)14-1-4-16(5-2-14)25-12-17(31-21(25)27)13-29-19-7-9-30-23-19/h1-7,9,11,17H,8,10,12-13H2/t17-/m1/s1. The van der Waals surface area contributed by atoms with Gasteiger partial charge in [0.25, 0.3) is 5.88 Å². The summed E-state index contributed by atoms with van der Waals surface area (Å²) in [6.07, 6.45) is 1.90. The molecule has 0 bridgehead atoms. The van der Waals surface area contributed by atoms with Gasteiger partial charge in [0.15, 0.2) is 6.10 Å². The predicted molar refractivity (Wildman–Crippen MR) is 108 cm³/mol. The molecule has 2 aliphatic rings. The first-order valence-electron chi connectivity index (χ1n) is 9.69. The van der Waals surface area contributed by atoms with Gasteiger partial charge in [-0.3, -0.25) is 9.80 Å². The Hall–Kier alpha value is -4.08. The zero-order valence-corrected chi connectivity index (χ0v) is 16.3. The van der Waals surface area contributed by atoms with Crippen molar-refractivity contribution < 1.29 is 28.3 Å². The third-order valence-electron chi connectivity index (χ3n) is 5.00. The molecule has 1 aromatic carbocycles. The molecule has 10 heteroatoms. The highest BCUT2D eigenvalue weighted by Gasteiger charge is 2.33. The van der Waals surface area contributed by atoms with E-state index in [0.29, 0.717) is 31.4 Å². The Morgan fingerprint density at radius 3 is 2.52 bits per heavy atom. The van der Waals surface area contributed by atoms with E-state index in [1.807, 2.05) is 30.3 Å². The van der Waals surface area contributed by atoms with Crippen molar-refractivity contribution >= 4 is 23.7 Å². The number of amides is 2. The average molecular weight is 422 g/mol. The highest BCUT2D eigenvalue weighted by Crippen LogP contribution is 2.27. The summed E-state index contributed by atoms with van der Waals surface area (Å²) in [6.45, 7) is 1.43. The van der Waals surface area contributed by atoms with Crippen molar-refractivity contribution in [3.8, 4) is 17.0 Å². The number of anilines is 2. The van der Waals surface area contributed by atoms with Crippen molar-refractivity contribution in [1.82, 2.24) is 10.1 Å². The summed E-state index contributed by atoms with van der Waals surface area (Å²) in [5.74, 6) is 0.904. The van der Waals surface area contributed by atoms with Gasteiger partial charge < -0.3 is 18.7 Å². The number of cyclic esters (lactones) is 2. The number of pyridine rings is 1. The van der Waals surface area contributed by atoms with E-state index in [1.54, 1.807) is 23.2 Å². The predicted octanol–water partition coefficient (Wildman–Crippen LogP) is 3.10. The van der Waals surface area contributed by atoms with Crippen molar-refractivity contribution in [3.63, 3.8) is 0 Å². The zero-order valence-electron chi connectivity index (χ0n) is 16.3. The van der Waals surface area contributed by atoms with E-state index in [1.165, 1.54) is 11.2 Å². The van der Waals surface area contributed by atoms with E-state index in [4.69, 9.17) is 18.7 Å². The Morgan fingerprint density at radius 1 is 1.00 bits per heavy atom. The molecule has 2 saturated heterocycles. The van der Waals surface area contributed by atoms with Crippen LogP contribution in [0.4, 0.5) is 21.1 Å². The molecular formula is C21H18N4O6. The Bertz CT molecular complexity index is 1070. The van der Waals surface area contributed by atoms with Gasteiger partial charge in [0, 0.05) is 23.5 Å². The minimum atomic E-state index is -0.426. The molecule has 0 saturated carbocycles. The average Bonchev–Trinajstić information content (AvgIpc) is 3.54. The molecule has 0 aliphatic carbocycles. The maximum absolute atomic E-state index is 12.3. The highest BCUT2D eigenvalue weighted by molar-refractivity contribution is 5.90. The van der Waals surface area contributed by atoms with Crippen molar-refractivity contribution in [2.75, 3.05) is 36.1 Å². The number of carbonyl (C=O) groups excluding carboxylic acids is 2. The monoisotopic (exact) mass is 422 g/mol. The van der Waals surface area contributed by atoms with E-state index in [9.17, 15) is 9.59 Å². The van der Waals surface area contributed by atoms with Gasteiger partial charge in [-0.2, -0.15) is 0 Å². The molecule has 2 aliphatic heterocycles. The van der Waals surface area contributed by atoms with E-state index in [0.717, 1.165) is 16.8 Å². The fourth-order valence-corrected chi connectivity index (χ4v) is 3.43. The zero-order chi connectivity index (χ0) is 21.2. The van der Waals surface area contributed by atoms with Gasteiger partial charge in [-0.15, -0.1) is 0 Å². The smallest absolute Gasteiger partial charge is 0.415 e. The number of nitrogens with zero attached hydrogens (tertiary/aromatic N) is 4. The second-order valence-corrected chi connectivity index (χ2v) is 6.98. The van der Waals surface area contributed by atoms with Crippen molar-refractivity contribution in [3.05, 3.63) is 54.9 Å². The topological polar surface area (TPSA) is 107 Å². The lowest BCUT2D eigenvalue weighted by Gasteiger charge is -2.14. The second kappa shape index (κ2) is 7.98. The van der Waals surface area contributed by atoms with Crippen LogP contribution in [-0.4, -0.2) is 54.7 Å². The van der Waals surface area contributed by atoms with Crippen LogP contribution in [0.3, 0.4) is 0 Å². The van der Waals surface area contributed by atoms with Gasteiger partial charge in [0.2, 0.25) is 0 Å². The van der Waals surface area contributed by atoms with Crippen LogP contribution < -0.4 is 14.5 Å². The molecule has 3 aromatic rings. The summed E-state index contributed by atoms with van der Waals surface area (Å²) in [5, 5.41) is 3.66. The SMILES string of the molecule is O=C1O[C@@H](COc2ccon2)CN1c1ccc(-c2ccc(N3CCOC3=O)nc2)cc1. The fraction of sp³-hybridized carbons (Fsp3) is 0.238. The molecule has 1 atom stereocenters. The number of hydrogen-bond acceptors (Lipinski definition) is 8. The van der Waals surface area contributed by atoms with Crippen LogP contribution >= 0.6 is 0 Å². The minimum Gasteiger partial charge on any atom is -0.471 e. The number of benzene rings is 1. The van der Waals surface area contributed by atoms with Crippen LogP contribution in [0, 0.1) is 0 Å². The fourth-order valence-electron chi connectivity index (χ4n) is 3.43. The highest BCUT2D eigenvalue weighted by atomic mass is 16.6. The van der Waals surface area contributed by atoms with Gasteiger partial charge in [-0.1, -0.05) is 12.1 Å². The van der Waals surface area contributed by atoms with E-state index in [2.05, 4.69) is 10.1 Å². The molecule has 0 N–H and O–H groups in total. The lowest BCUT2D eigenvalue weighted by Crippen LogP contribution is -2.26. The maximum atomic E-state index is 12.3. The van der Waals surface area contributed by atoms with Crippen LogP contribution in [0.15, 0.2) is 59.4 Å². The Morgan fingerprint density at radius 2 is 1.84 bits per heavy atom. The van der Waals surface area contributed by atoms with E-state index in [-0.39, 0.29) is 12.7 Å². The lowest BCUT2D eigenvalue weighted by atomic mass is 10.1. The molecule has 0 spiro atoms. The molecular weight excluding hydrogens is 404 g/mol. The number of ether oxygens (including phenoxy) is 3. The summed E-state index contributed by atoms with van der Waals surface area (Å²) in [7, 11) is 0. The quantitative estimate of drug-likeness (QED) is 0.596. The first-order chi connectivity index (χ1) is 15.2. The Labute approximate surface area is 176 Å². The molecule has 0 radical (unpaired) electrons. The van der Waals surface area contributed by atoms with Gasteiger partial charge in [0.05, 0.1) is 13.1 Å². The molecule has 5 rings (SSSR count). The number of carbonyl (C=O) groups is 2. The van der Waals surface area contributed by atoms with Crippen molar-refractivity contribution in [1.29, 1.82) is 0 Å². The molecule has 2 fully saturated rings. The summed E-state index contributed by atoms with van der Waals surface area (Å²) >= 11 is 0. The summed E-state index contributed by atoms with van der Waals surface area (Å²) in [4.78, 5) is 31.3. The van der Waals surface area contributed by atoms with Gasteiger partial charge in [-0.05, 0) is 35.0 Å². The third-order valence-corrected chi connectivity index (χ3v) is 5.00. The minimum absolute atomic E-state index is 0.190. The van der Waals surface area contributed by atoms with Crippen molar-refractivity contribution in [2.45, 2.75) is 6.10 Å². The molecule has 10 nitrogen and oxygen atoms in total. The van der Waals surface area contributed by atoms with Gasteiger partial charge in [0.1, 0.15) is 25.3 Å². The summed E-state index contributed by atoms with van der Waals surface area (Å²) in [5.41, 5.74) is 2.55. The van der Waals surface area contributed by atoms with Crippen molar-refractivity contribution in [2.24, 2.45) is 0 Å². The van der Waals surface area contributed by atoms with Crippen LogP contribution in [0.25, 0.3) is 11.1 Å². The largest absolute Gasteiger partial charge is 0.471 e. The molecule has 0 unspecified atom stereocenters. The lowest BCUT2D eigenvalue weighted by molar-refractivity contribution is 0.101. The summed E-state index contributed by atoms with van der Waals surface area (Å²) < 4.78 is 20.4. The van der Waals surface area contributed by atoms with Gasteiger partial charge >= 0.3 is 12.2 Å². The molecule has 2 aromatic heterocycles. The first kappa shape index (κ1) is 18.9. The second-order valence-electron chi connectivity index (χ2n) is 6.98. The number of hydrogen-bond donors (Lipinski definition) is 0. The Balaban J connectivity index is 1.23. The molecule has 2 amide bonds. The molecule has 158 valence electrons. The molecule has 4 heterocycles. The number of aromatic nitrogens is 2. The van der Waals surface area contributed by atoms with E-state index < -0.39 is 12.2 Å². The normalized spacial score (nSPS) is 18.3. The molecule has 31 heavy (non-hydrogen) atoms. The first-order valence-corrected chi connectivity index (χ1v) is 9.69. The van der Waals surface area contributed by atoms with Crippen LogP contribution in [0.2, 0.25) is 0 Å².